The zero-order valence-electron chi connectivity index (χ0n) is 16.4. The normalized spacial score (nSPS) is 14.0. The Hall–Kier alpha value is -2.11. The Balaban J connectivity index is 1.64. The summed E-state index contributed by atoms with van der Waals surface area (Å²) in [7, 11) is 0. The minimum Gasteiger partial charge on any atom is -0.490 e. The zero-order valence-corrected chi connectivity index (χ0v) is 17.2. The Morgan fingerprint density at radius 2 is 1.86 bits per heavy atom. The number of hydrogen-bond acceptors (Lipinski definition) is 5. The maximum absolute atomic E-state index is 8.95. The fourth-order valence-corrected chi connectivity index (χ4v) is 3.72. The molecule has 5 nitrogen and oxygen atoms in total. The van der Waals surface area contributed by atoms with Crippen LogP contribution in [0.25, 0.3) is 0 Å². The topological polar surface area (TPSA) is 54.0 Å². The van der Waals surface area contributed by atoms with E-state index in [2.05, 4.69) is 22.3 Å². The summed E-state index contributed by atoms with van der Waals surface area (Å²) in [5, 5.41) is 13.2. The fourth-order valence-electron chi connectivity index (χ4n) is 3.42. The first kappa shape index (κ1) is 20.6. The Kier molecular flexibility index (Phi) is 7.69. The van der Waals surface area contributed by atoms with Gasteiger partial charge in [0.25, 0.3) is 0 Å². The molecule has 0 amide bonds. The van der Waals surface area contributed by atoms with Crippen molar-refractivity contribution in [2.75, 3.05) is 43.1 Å². The second-order valence-corrected chi connectivity index (χ2v) is 7.26. The van der Waals surface area contributed by atoms with Crippen molar-refractivity contribution in [2.45, 2.75) is 32.7 Å². The number of aliphatic hydroxyl groups excluding tert-OH is 1. The van der Waals surface area contributed by atoms with Gasteiger partial charge in [0.2, 0.25) is 0 Å². The Bertz CT molecular complexity index is 763. The molecule has 2 N–H and O–H groups in total. The third-order valence-corrected chi connectivity index (χ3v) is 5.10. The second-order valence-electron chi connectivity index (χ2n) is 6.85. The highest BCUT2D eigenvalue weighted by Crippen LogP contribution is 2.32. The summed E-state index contributed by atoms with van der Waals surface area (Å²) in [6.45, 7) is 5.53. The highest BCUT2D eigenvalue weighted by atomic mass is 35.5. The standard InChI is InChI=1S/C22H29ClN2O3/c1-2-27-22-14-17(6-9-21(22)28-13-12-26)16-24-18-7-8-20(19(23)15-18)25-10-4-3-5-11-25/h6-9,14-15,24,26H,2-5,10-13,16H2,1H3. The van der Waals surface area contributed by atoms with E-state index in [0.29, 0.717) is 24.7 Å². The van der Waals surface area contributed by atoms with E-state index in [1.54, 1.807) is 0 Å². The largest absolute Gasteiger partial charge is 0.490 e. The van der Waals surface area contributed by atoms with E-state index in [1.807, 2.05) is 31.2 Å². The molecular weight excluding hydrogens is 376 g/mol. The summed E-state index contributed by atoms with van der Waals surface area (Å²) in [5.41, 5.74) is 3.19. The Morgan fingerprint density at radius 3 is 2.57 bits per heavy atom. The number of nitrogens with one attached hydrogen (secondary N) is 1. The second kappa shape index (κ2) is 10.4. The van der Waals surface area contributed by atoms with E-state index in [4.69, 9.17) is 26.2 Å². The maximum atomic E-state index is 8.95. The molecule has 2 aromatic rings. The molecule has 1 heterocycles. The minimum atomic E-state index is -0.0247. The van der Waals surface area contributed by atoms with Gasteiger partial charge in [-0.3, -0.25) is 0 Å². The van der Waals surface area contributed by atoms with E-state index in [-0.39, 0.29) is 13.2 Å². The van der Waals surface area contributed by atoms with Crippen LogP contribution in [0.2, 0.25) is 5.02 Å². The van der Waals surface area contributed by atoms with Crippen LogP contribution in [0, 0.1) is 0 Å². The molecule has 28 heavy (non-hydrogen) atoms. The van der Waals surface area contributed by atoms with Gasteiger partial charge in [-0.1, -0.05) is 17.7 Å². The van der Waals surface area contributed by atoms with E-state index in [0.717, 1.165) is 35.1 Å². The van der Waals surface area contributed by atoms with Crippen LogP contribution in [0.4, 0.5) is 11.4 Å². The first-order chi connectivity index (χ1) is 13.7. The number of piperidine rings is 1. The first-order valence-electron chi connectivity index (χ1n) is 9.99. The molecule has 0 unspecified atom stereocenters. The predicted octanol–water partition coefficient (Wildman–Crippen LogP) is 4.71. The van der Waals surface area contributed by atoms with Gasteiger partial charge in [-0.15, -0.1) is 0 Å². The van der Waals surface area contributed by atoms with Crippen LogP contribution < -0.4 is 19.7 Å². The summed E-state index contributed by atoms with van der Waals surface area (Å²) in [5.74, 6) is 1.34. The number of hydrogen-bond donors (Lipinski definition) is 2. The predicted molar refractivity (Wildman–Crippen MR) is 115 cm³/mol. The van der Waals surface area contributed by atoms with E-state index in [9.17, 15) is 0 Å². The van der Waals surface area contributed by atoms with Gasteiger partial charge in [-0.2, -0.15) is 0 Å². The van der Waals surface area contributed by atoms with E-state index < -0.39 is 0 Å². The summed E-state index contributed by atoms with van der Waals surface area (Å²) in [4.78, 5) is 2.37. The lowest BCUT2D eigenvalue weighted by Crippen LogP contribution is -2.29. The quantitative estimate of drug-likeness (QED) is 0.633. The van der Waals surface area contributed by atoms with Gasteiger partial charge in [-0.25, -0.2) is 0 Å². The number of anilines is 2. The van der Waals surface area contributed by atoms with Gasteiger partial charge in [0.15, 0.2) is 11.5 Å². The van der Waals surface area contributed by atoms with Crippen LogP contribution in [-0.4, -0.2) is 38.0 Å². The molecule has 0 radical (unpaired) electrons. The van der Waals surface area contributed by atoms with Crippen LogP contribution in [0.3, 0.4) is 0 Å². The SMILES string of the molecule is CCOc1cc(CNc2ccc(N3CCCCC3)c(Cl)c2)ccc1OCCO. The molecular formula is C22H29ClN2O3. The Labute approximate surface area is 172 Å². The van der Waals surface area contributed by atoms with Crippen LogP contribution >= 0.6 is 11.6 Å². The van der Waals surface area contributed by atoms with Crippen LogP contribution in [0.1, 0.15) is 31.7 Å². The van der Waals surface area contributed by atoms with Gasteiger partial charge >= 0.3 is 0 Å². The average molecular weight is 405 g/mol. The third kappa shape index (κ3) is 5.46. The highest BCUT2D eigenvalue weighted by molar-refractivity contribution is 6.33. The summed E-state index contributed by atoms with van der Waals surface area (Å²) >= 11 is 6.54. The molecule has 152 valence electrons. The molecule has 1 aliphatic rings. The fraction of sp³-hybridized carbons (Fsp3) is 0.455. The van der Waals surface area contributed by atoms with Gasteiger partial charge in [0.05, 0.1) is 23.9 Å². The van der Waals surface area contributed by atoms with Gasteiger partial charge in [-0.05, 0) is 62.1 Å². The molecule has 0 atom stereocenters. The molecule has 1 aliphatic heterocycles. The van der Waals surface area contributed by atoms with Gasteiger partial charge in [0, 0.05) is 25.3 Å². The molecule has 1 fully saturated rings. The number of halogens is 1. The van der Waals surface area contributed by atoms with E-state index >= 15 is 0 Å². The molecule has 0 saturated carbocycles. The summed E-state index contributed by atoms with van der Waals surface area (Å²) in [6.07, 6.45) is 3.77. The van der Waals surface area contributed by atoms with Gasteiger partial charge < -0.3 is 24.8 Å². The monoisotopic (exact) mass is 404 g/mol. The summed E-state index contributed by atoms with van der Waals surface area (Å²) in [6, 6.07) is 12.0. The minimum absolute atomic E-state index is 0.0247. The Morgan fingerprint density at radius 1 is 1.04 bits per heavy atom. The first-order valence-corrected chi connectivity index (χ1v) is 10.4. The molecule has 0 spiro atoms. The van der Waals surface area contributed by atoms with Crippen molar-refractivity contribution in [1.29, 1.82) is 0 Å². The van der Waals surface area contributed by atoms with Crippen molar-refractivity contribution >= 4 is 23.0 Å². The maximum Gasteiger partial charge on any atom is 0.161 e. The lowest BCUT2D eigenvalue weighted by atomic mass is 10.1. The average Bonchev–Trinajstić information content (AvgIpc) is 2.72. The van der Waals surface area contributed by atoms with Crippen molar-refractivity contribution in [2.24, 2.45) is 0 Å². The molecule has 0 aromatic heterocycles. The number of rotatable bonds is 9. The van der Waals surface area contributed by atoms with Crippen molar-refractivity contribution in [3.63, 3.8) is 0 Å². The molecule has 1 saturated heterocycles. The lowest BCUT2D eigenvalue weighted by molar-refractivity contribution is 0.194. The molecule has 2 aromatic carbocycles. The highest BCUT2D eigenvalue weighted by Gasteiger charge is 2.14. The summed E-state index contributed by atoms with van der Waals surface area (Å²) < 4.78 is 11.2. The number of ether oxygens (including phenoxy) is 2. The van der Waals surface area contributed by atoms with Crippen molar-refractivity contribution in [3.8, 4) is 11.5 Å². The molecule has 0 bridgehead atoms. The number of nitrogens with zero attached hydrogens (tertiary/aromatic N) is 1. The zero-order chi connectivity index (χ0) is 19.8. The molecule has 3 rings (SSSR count). The lowest BCUT2D eigenvalue weighted by Gasteiger charge is -2.29. The smallest absolute Gasteiger partial charge is 0.161 e. The number of aliphatic hydroxyl groups is 1. The van der Waals surface area contributed by atoms with Crippen molar-refractivity contribution in [1.82, 2.24) is 0 Å². The van der Waals surface area contributed by atoms with E-state index in [1.165, 1.54) is 19.3 Å². The van der Waals surface area contributed by atoms with Crippen LogP contribution in [-0.2, 0) is 6.54 Å². The number of benzene rings is 2. The van der Waals surface area contributed by atoms with Crippen LogP contribution in [0.5, 0.6) is 11.5 Å². The van der Waals surface area contributed by atoms with Crippen LogP contribution in [0.15, 0.2) is 36.4 Å². The third-order valence-electron chi connectivity index (χ3n) is 4.80. The van der Waals surface area contributed by atoms with Gasteiger partial charge in [0.1, 0.15) is 6.61 Å². The van der Waals surface area contributed by atoms with Crippen molar-refractivity contribution < 1.29 is 14.6 Å². The van der Waals surface area contributed by atoms with Crippen molar-refractivity contribution in [3.05, 3.63) is 47.0 Å². The molecule has 0 aliphatic carbocycles. The molecule has 6 heteroatoms.